The van der Waals surface area contributed by atoms with E-state index in [1.807, 2.05) is 22.7 Å². The lowest BCUT2D eigenvalue weighted by molar-refractivity contribution is 1.16. The number of hydrogen-bond acceptors (Lipinski definition) is 4. The summed E-state index contributed by atoms with van der Waals surface area (Å²) in [6, 6.07) is 70.5. The van der Waals surface area contributed by atoms with Crippen molar-refractivity contribution in [3.05, 3.63) is 188 Å². The first-order valence-electron chi connectivity index (χ1n) is 21.6. The molecule has 0 aliphatic carbocycles. The van der Waals surface area contributed by atoms with Crippen LogP contribution in [0.4, 0.5) is 34.1 Å². The van der Waals surface area contributed by atoms with E-state index >= 15 is 0 Å². The first-order valence-corrected chi connectivity index (χ1v) is 23.3. The van der Waals surface area contributed by atoms with E-state index in [9.17, 15) is 0 Å². The molecule has 0 saturated carbocycles. The summed E-state index contributed by atoms with van der Waals surface area (Å²) >= 11 is 3.78. The highest BCUT2D eigenvalue weighted by atomic mass is 32.1. The lowest BCUT2D eigenvalue weighted by atomic mass is 9.36. The quantitative estimate of drug-likeness (QED) is 0.165. The summed E-state index contributed by atoms with van der Waals surface area (Å²) in [6.07, 6.45) is 0. The van der Waals surface area contributed by atoms with E-state index in [0.29, 0.717) is 0 Å². The fraction of sp³-hybridized carbons (Fsp3) is 0. The number of thiophene rings is 2. The highest BCUT2D eigenvalue weighted by Gasteiger charge is 2.52. The molecule has 0 amide bonds. The molecule has 290 valence electrons. The lowest BCUT2D eigenvalue weighted by Gasteiger charge is -2.42. The van der Waals surface area contributed by atoms with Gasteiger partial charge in [0.1, 0.15) is 0 Å². The van der Waals surface area contributed by atoms with Gasteiger partial charge in [-0.05, 0) is 89.8 Å². The number of nitrogens with zero attached hydrogens (tertiary/aromatic N) is 4. The van der Waals surface area contributed by atoms with Gasteiger partial charge in [-0.1, -0.05) is 109 Å². The molecule has 16 rings (SSSR count). The summed E-state index contributed by atoms with van der Waals surface area (Å²) in [5.41, 5.74) is 17.7. The number of hydrogen-bond donors (Lipinski definition) is 0. The van der Waals surface area contributed by atoms with Crippen LogP contribution in [0.5, 0.6) is 0 Å². The molecular formula is C56H31BN4S2. The predicted octanol–water partition coefficient (Wildman–Crippen LogP) is 13.9. The highest BCUT2D eigenvalue weighted by molar-refractivity contribution is 7.26. The van der Waals surface area contributed by atoms with Crippen molar-refractivity contribution in [3.63, 3.8) is 0 Å². The van der Waals surface area contributed by atoms with Gasteiger partial charge in [-0.3, -0.25) is 0 Å². The number of anilines is 6. The Morgan fingerprint density at radius 2 is 0.841 bits per heavy atom. The average Bonchev–Trinajstić information content (AvgIpc) is 4.15. The van der Waals surface area contributed by atoms with Crippen LogP contribution in [0.15, 0.2) is 188 Å². The Morgan fingerprint density at radius 3 is 1.51 bits per heavy atom. The standard InChI is InChI=1S/C56H31BN4S2/c1-2-15-32(16-3-1)58-37-21-8-4-17-33(37)51-43(58)31-44-53-55(51)60(40-24-14-30-48-50(40)36-20-7-11-28-46(36)63-48)42-26-12-25-41-52(42)57(53)56-54(34-18-5-9-22-38(34)61(44)56)59(41)39-23-13-29-47-49(39)35-19-6-10-27-45(35)62-47/h1-31H. The fourth-order valence-electron chi connectivity index (χ4n) is 11.9. The summed E-state index contributed by atoms with van der Waals surface area (Å²) in [5.74, 6) is 0. The van der Waals surface area contributed by atoms with E-state index < -0.39 is 0 Å². The molecular weight excluding hydrogens is 804 g/mol. The van der Waals surface area contributed by atoms with E-state index in [2.05, 4.69) is 207 Å². The number of rotatable bonds is 3. The van der Waals surface area contributed by atoms with E-state index in [4.69, 9.17) is 0 Å². The van der Waals surface area contributed by atoms with Gasteiger partial charge in [0, 0.05) is 84.8 Å². The Labute approximate surface area is 369 Å². The Balaban J connectivity index is 1.14. The molecule has 0 saturated heterocycles. The van der Waals surface area contributed by atoms with Gasteiger partial charge < -0.3 is 18.9 Å². The topological polar surface area (TPSA) is 16.3 Å². The van der Waals surface area contributed by atoms with Gasteiger partial charge in [0.25, 0.3) is 6.71 Å². The van der Waals surface area contributed by atoms with Crippen molar-refractivity contribution >= 4 is 153 Å². The molecule has 13 aromatic rings. The van der Waals surface area contributed by atoms with Gasteiger partial charge in [0.2, 0.25) is 0 Å². The maximum atomic E-state index is 2.68. The predicted molar refractivity (Wildman–Crippen MR) is 271 cm³/mol. The normalized spacial score (nSPS) is 13.6. The lowest BCUT2D eigenvalue weighted by Crippen LogP contribution is -2.59. The molecule has 63 heavy (non-hydrogen) atoms. The minimum absolute atomic E-state index is 0.0242. The molecule has 0 spiro atoms. The van der Waals surface area contributed by atoms with Crippen LogP contribution < -0.4 is 26.3 Å². The Kier molecular flexibility index (Phi) is 6.13. The number of aromatic nitrogens is 2. The summed E-state index contributed by atoms with van der Waals surface area (Å²) in [7, 11) is 0. The van der Waals surface area contributed by atoms with Crippen LogP contribution in [-0.2, 0) is 0 Å². The van der Waals surface area contributed by atoms with Crippen LogP contribution in [0.25, 0.3) is 84.4 Å². The zero-order chi connectivity index (χ0) is 40.7. The van der Waals surface area contributed by atoms with Crippen molar-refractivity contribution < 1.29 is 0 Å². The Hall–Kier alpha value is -7.58. The minimum Gasteiger partial charge on any atom is -0.320 e. The molecule has 4 aromatic heterocycles. The van der Waals surface area contributed by atoms with Crippen LogP contribution in [0.2, 0.25) is 0 Å². The van der Waals surface area contributed by atoms with Crippen molar-refractivity contribution in [2.24, 2.45) is 0 Å². The third-order valence-electron chi connectivity index (χ3n) is 14.2. The van der Waals surface area contributed by atoms with Crippen molar-refractivity contribution in [1.82, 2.24) is 9.13 Å². The minimum atomic E-state index is 0.0242. The Bertz CT molecular complexity index is 4190. The number of para-hydroxylation sites is 3. The first-order chi connectivity index (χ1) is 31.3. The number of fused-ring (bicyclic) bond motifs is 14. The maximum Gasteiger partial charge on any atom is 0.275 e. The third-order valence-corrected chi connectivity index (χ3v) is 16.4. The summed E-state index contributed by atoms with van der Waals surface area (Å²) in [5, 5.41) is 9.04. The van der Waals surface area contributed by atoms with Crippen molar-refractivity contribution in [2.75, 3.05) is 9.80 Å². The van der Waals surface area contributed by atoms with Gasteiger partial charge in [-0.25, -0.2) is 0 Å². The van der Waals surface area contributed by atoms with E-state index in [1.165, 1.54) is 129 Å². The third kappa shape index (κ3) is 3.96. The second kappa shape index (κ2) is 11.7. The average molecular weight is 835 g/mol. The highest BCUT2D eigenvalue weighted by Crippen LogP contribution is 2.55. The van der Waals surface area contributed by atoms with Crippen LogP contribution in [0.1, 0.15) is 0 Å². The molecule has 0 radical (unpaired) electrons. The monoisotopic (exact) mass is 834 g/mol. The van der Waals surface area contributed by atoms with Crippen molar-refractivity contribution in [2.45, 2.75) is 0 Å². The fourth-order valence-corrected chi connectivity index (χ4v) is 14.2. The van der Waals surface area contributed by atoms with Gasteiger partial charge in [-0.15, -0.1) is 22.7 Å². The van der Waals surface area contributed by atoms with E-state index in [1.54, 1.807) is 0 Å². The molecule has 0 N–H and O–H groups in total. The van der Waals surface area contributed by atoms with Crippen LogP contribution in [0.3, 0.4) is 0 Å². The van der Waals surface area contributed by atoms with Crippen molar-refractivity contribution in [1.29, 1.82) is 0 Å². The molecule has 7 heterocycles. The van der Waals surface area contributed by atoms with E-state index in [0.717, 1.165) is 5.69 Å². The zero-order valence-electron chi connectivity index (χ0n) is 33.6. The molecule has 0 bridgehead atoms. The van der Waals surface area contributed by atoms with E-state index in [-0.39, 0.29) is 6.71 Å². The zero-order valence-corrected chi connectivity index (χ0v) is 35.2. The molecule has 4 nitrogen and oxygen atoms in total. The molecule has 9 aromatic carbocycles. The first kappa shape index (κ1) is 33.1. The molecule has 0 fully saturated rings. The molecule has 0 unspecified atom stereocenters. The summed E-state index contributed by atoms with van der Waals surface area (Å²) in [6.45, 7) is 0.0242. The molecule has 0 atom stereocenters. The Morgan fingerprint density at radius 1 is 0.333 bits per heavy atom. The smallest absolute Gasteiger partial charge is 0.275 e. The van der Waals surface area contributed by atoms with Crippen LogP contribution in [-0.4, -0.2) is 15.8 Å². The largest absolute Gasteiger partial charge is 0.320 e. The van der Waals surface area contributed by atoms with Gasteiger partial charge in [0.15, 0.2) is 0 Å². The molecule has 3 aliphatic rings. The maximum absolute atomic E-state index is 2.68. The SMILES string of the molecule is c1ccc(-n2c3ccccc3c3c4c5c(cc32)-n2c3c(c6ccccc62)N(c2cccc6sc7ccccc7c26)c2cccc(c2B53)N4c2cccc3sc4ccccc4c23)cc1. The second-order valence-electron chi connectivity index (χ2n) is 17.1. The van der Waals surface area contributed by atoms with Crippen molar-refractivity contribution in [3.8, 4) is 11.4 Å². The number of benzene rings is 9. The van der Waals surface area contributed by atoms with Crippen LogP contribution >= 0.6 is 22.7 Å². The summed E-state index contributed by atoms with van der Waals surface area (Å²) in [4.78, 5) is 5.32. The molecule has 3 aliphatic heterocycles. The molecule has 7 heteroatoms. The van der Waals surface area contributed by atoms with Gasteiger partial charge in [0.05, 0.1) is 39.3 Å². The summed E-state index contributed by atoms with van der Waals surface area (Å²) < 4.78 is 10.4. The van der Waals surface area contributed by atoms with Gasteiger partial charge >= 0.3 is 0 Å². The van der Waals surface area contributed by atoms with Crippen LogP contribution in [0, 0.1) is 0 Å². The van der Waals surface area contributed by atoms with Gasteiger partial charge in [-0.2, -0.15) is 0 Å². The second-order valence-corrected chi connectivity index (χ2v) is 19.3.